The lowest BCUT2D eigenvalue weighted by Gasteiger charge is -2.10. The number of carbonyl (C=O) groups is 2. The number of halogens is 2. The van der Waals surface area contributed by atoms with Gasteiger partial charge in [-0.3, -0.25) is 9.59 Å². The lowest BCUT2D eigenvalue weighted by atomic mass is 10.2. The van der Waals surface area contributed by atoms with Crippen molar-refractivity contribution in [1.82, 2.24) is 0 Å². The number of benzene rings is 2. The molecule has 6 nitrogen and oxygen atoms in total. The Balaban J connectivity index is 1.97. The number of methoxy groups -OCH3 is 1. The molecule has 4 N–H and O–H groups in total. The fraction of sp³-hybridized carbons (Fsp3) is 0.125. The molecular weight excluding hydrogens is 337 g/mol. The molecule has 0 spiro atoms. The fourth-order valence-corrected chi connectivity index (χ4v) is 2.21. The number of anilines is 2. The average molecular weight is 352 g/mol. The molecule has 0 aliphatic heterocycles. The van der Waals surface area contributed by atoms with Crippen molar-refractivity contribution >= 4 is 34.8 Å². The Bertz CT molecular complexity index is 783. The monoisotopic (exact) mass is 351 g/mol. The van der Waals surface area contributed by atoms with Crippen LogP contribution in [0.15, 0.2) is 36.4 Å². The van der Waals surface area contributed by atoms with Crippen molar-refractivity contribution in [3.63, 3.8) is 0 Å². The summed E-state index contributed by atoms with van der Waals surface area (Å²) < 4.78 is 18.4. The summed E-state index contributed by atoms with van der Waals surface area (Å²) in [6.07, 6.45) is 0. The number of rotatable bonds is 6. The largest absolute Gasteiger partial charge is 0.495 e. The van der Waals surface area contributed by atoms with Gasteiger partial charge in [0.15, 0.2) is 0 Å². The van der Waals surface area contributed by atoms with Crippen molar-refractivity contribution in [3.8, 4) is 5.75 Å². The molecule has 2 aromatic rings. The highest BCUT2D eigenvalue weighted by molar-refractivity contribution is 6.32. The van der Waals surface area contributed by atoms with Crippen LogP contribution < -0.4 is 21.1 Å². The summed E-state index contributed by atoms with van der Waals surface area (Å²) in [6, 6.07) is 8.58. The van der Waals surface area contributed by atoms with E-state index in [4.69, 9.17) is 22.1 Å². The first-order valence-electron chi connectivity index (χ1n) is 6.87. The van der Waals surface area contributed by atoms with E-state index in [0.29, 0.717) is 22.1 Å². The number of hydrogen-bond acceptors (Lipinski definition) is 4. The molecule has 24 heavy (non-hydrogen) atoms. The van der Waals surface area contributed by atoms with Crippen LogP contribution in [0.2, 0.25) is 5.02 Å². The van der Waals surface area contributed by atoms with Crippen molar-refractivity contribution in [2.75, 3.05) is 24.3 Å². The second kappa shape index (κ2) is 7.65. The summed E-state index contributed by atoms with van der Waals surface area (Å²) in [5.74, 6) is -1.45. The number of hydrogen-bond donors (Lipinski definition) is 3. The van der Waals surface area contributed by atoms with Gasteiger partial charge in [0.1, 0.15) is 11.6 Å². The van der Waals surface area contributed by atoms with Gasteiger partial charge in [-0.2, -0.15) is 0 Å². The van der Waals surface area contributed by atoms with Crippen molar-refractivity contribution in [1.29, 1.82) is 0 Å². The SMILES string of the molecule is COc1ccc(NC(=O)CNc2ccc(F)c(C(N)=O)c2)cc1Cl. The Hall–Kier alpha value is -2.80. The second-order valence-electron chi connectivity index (χ2n) is 4.81. The topological polar surface area (TPSA) is 93.4 Å². The predicted octanol–water partition coefficient (Wildman–Crippen LogP) is 2.64. The van der Waals surface area contributed by atoms with Crippen LogP contribution in [-0.4, -0.2) is 25.5 Å². The van der Waals surface area contributed by atoms with Crippen LogP contribution >= 0.6 is 11.6 Å². The summed E-state index contributed by atoms with van der Waals surface area (Å²) in [4.78, 5) is 23.0. The van der Waals surface area contributed by atoms with E-state index in [0.717, 1.165) is 6.07 Å². The Morgan fingerprint density at radius 3 is 2.54 bits per heavy atom. The third-order valence-electron chi connectivity index (χ3n) is 3.12. The Kier molecular flexibility index (Phi) is 5.59. The maximum Gasteiger partial charge on any atom is 0.251 e. The molecule has 0 aliphatic carbocycles. The van der Waals surface area contributed by atoms with E-state index in [9.17, 15) is 14.0 Å². The smallest absolute Gasteiger partial charge is 0.251 e. The molecule has 8 heteroatoms. The van der Waals surface area contributed by atoms with Gasteiger partial charge in [-0.05, 0) is 36.4 Å². The van der Waals surface area contributed by atoms with Crippen molar-refractivity contribution < 1.29 is 18.7 Å². The van der Waals surface area contributed by atoms with Crippen molar-refractivity contribution in [2.24, 2.45) is 5.73 Å². The molecule has 0 unspecified atom stereocenters. The van der Waals surface area contributed by atoms with E-state index in [-0.39, 0.29) is 18.0 Å². The first kappa shape index (κ1) is 17.6. The van der Waals surface area contributed by atoms with Crippen LogP contribution in [0, 0.1) is 5.82 Å². The molecular formula is C16H15ClFN3O3. The quantitative estimate of drug-likeness (QED) is 0.745. The summed E-state index contributed by atoms with van der Waals surface area (Å²) in [6.45, 7) is -0.0898. The van der Waals surface area contributed by atoms with Gasteiger partial charge in [-0.15, -0.1) is 0 Å². The van der Waals surface area contributed by atoms with E-state index in [1.807, 2.05) is 0 Å². The third kappa shape index (κ3) is 4.36. The van der Waals surface area contributed by atoms with Gasteiger partial charge in [0, 0.05) is 11.4 Å². The van der Waals surface area contributed by atoms with Crippen LogP contribution in [0.4, 0.5) is 15.8 Å². The minimum Gasteiger partial charge on any atom is -0.495 e. The van der Waals surface area contributed by atoms with Crippen molar-refractivity contribution in [3.05, 3.63) is 52.8 Å². The van der Waals surface area contributed by atoms with Gasteiger partial charge < -0.3 is 21.1 Å². The molecule has 2 amide bonds. The lowest BCUT2D eigenvalue weighted by molar-refractivity contribution is -0.114. The summed E-state index contributed by atoms with van der Waals surface area (Å²) in [5.41, 5.74) is 5.72. The summed E-state index contributed by atoms with van der Waals surface area (Å²) in [5, 5.41) is 5.79. The van der Waals surface area contributed by atoms with Crippen molar-refractivity contribution in [2.45, 2.75) is 0 Å². The number of primary amides is 1. The molecule has 0 radical (unpaired) electrons. The number of ether oxygens (including phenoxy) is 1. The van der Waals surface area contributed by atoms with Gasteiger partial charge >= 0.3 is 0 Å². The number of amides is 2. The molecule has 0 heterocycles. The highest BCUT2D eigenvalue weighted by Gasteiger charge is 2.10. The Morgan fingerprint density at radius 2 is 1.92 bits per heavy atom. The second-order valence-corrected chi connectivity index (χ2v) is 5.22. The van der Waals surface area contributed by atoms with E-state index >= 15 is 0 Å². The Labute approximate surface area is 142 Å². The minimum absolute atomic E-state index is 0.0898. The zero-order valence-electron chi connectivity index (χ0n) is 12.7. The predicted molar refractivity (Wildman–Crippen MR) is 90.0 cm³/mol. The molecule has 2 rings (SSSR count). The maximum atomic E-state index is 13.4. The van der Waals surface area contributed by atoms with E-state index < -0.39 is 11.7 Å². The van der Waals surface area contributed by atoms with E-state index in [1.165, 1.54) is 19.2 Å². The molecule has 0 fully saturated rings. The number of nitrogens with one attached hydrogen (secondary N) is 2. The molecule has 0 atom stereocenters. The van der Waals surface area contributed by atoms with Gasteiger partial charge in [-0.1, -0.05) is 11.6 Å². The lowest BCUT2D eigenvalue weighted by Crippen LogP contribution is -2.22. The van der Waals surface area contributed by atoms with Gasteiger partial charge in [0.2, 0.25) is 5.91 Å². The van der Waals surface area contributed by atoms with Crippen LogP contribution in [0.25, 0.3) is 0 Å². The van der Waals surface area contributed by atoms with Gasteiger partial charge in [0.25, 0.3) is 5.91 Å². The first-order chi connectivity index (χ1) is 11.4. The average Bonchev–Trinajstić information content (AvgIpc) is 2.54. The van der Waals surface area contributed by atoms with E-state index in [2.05, 4.69) is 10.6 Å². The Morgan fingerprint density at radius 1 is 1.21 bits per heavy atom. The zero-order valence-corrected chi connectivity index (χ0v) is 13.5. The van der Waals surface area contributed by atoms with Gasteiger partial charge in [0.05, 0.1) is 24.2 Å². The molecule has 2 aromatic carbocycles. The van der Waals surface area contributed by atoms with Crippen LogP contribution in [0.5, 0.6) is 5.75 Å². The molecule has 0 aromatic heterocycles. The molecule has 0 saturated heterocycles. The molecule has 0 bridgehead atoms. The van der Waals surface area contributed by atoms with Gasteiger partial charge in [-0.25, -0.2) is 4.39 Å². The standard InChI is InChI=1S/C16H15ClFN3O3/c1-24-14-5-3-10(7-12(14)17)21-15(22)8-20-9-2-4-13(18)11(6-9)16(19)23/h2-7,20H,8H2,1H3,(H2,19,23)(H,21,22). The normalized spacial score (nSPS) is 10.1. The van der Waals surface area contributed by atoms with E-state index in [1.54, 1.807) is 18.2 Å². The fourth-order valence-electron chi connectivity index (χ4n) is 1.96. The molecule has 126 valence electrons. The molecule has 0 aliphatic rings. The zero-order chi connectivity index (χ0) is 17.7. The van der Waals surface area contributed by atoms with Crippen LogP contribution in [0.3, 0.4) is 0 Å². The highest BCUT2D eigenvalue weighted by Crippen LogP contribution is 2.27. The van der Waals surface area contributed by atoms with Crippen LogP contribution in [0.1, 0.15) is 10.4 Å². The highest BCUT2D eigenvalue weighted by atomic mass is 35.5. The number of carbonyl (C=O) groups excluding carboxylic acids is 2. The molecule has 0 saturated carbocycles. The maximum absolute atomic E-state index is 13.4. The summed E-state index contributed by atoms with van der Waals surface area (Å²) >= 11 is 5.98. The first-order valence-corrected chi connectivity index (χ1v) is 7.25. The number of nitrogens with two attached hydrogens (primary N) is 1. The third-order valence-corrected chi connectivity index (χ3v) is 3.42. The summed E-state index contributed by atoms with van der Waals surface area (Å²) in [7, 11) is 1.49. The minimum atomic E-state index is -0.881. The van der Waals surface area contributed by atoms with Crippen LogP contribution in [-0.2, 0) is 4.79 Å².